The molecule has 8 nitrogen and oxygen atoms in total. The number of carbonyl (C=O) groups excluding carboxylic acids is 2. The summed E-state index contributed by atoms with van der Waals surface area (Å²) in [5.74, 6) is 3.87. The molecule has 8 heteroatoms. The van der Waals surface area contributed by atoms with Crippen LogP contribution in [0.5, 0.6) is 5.75 Å². The Bertz CT molecular complexity index is 863. The average molecular weight is 426 g/mol. The van der Waals surface area contributed by atoms with Crippen LogP contribution in [0.2, 0.25) is 0 Å². The van der Waals surface area contributed by atoms with Gasteiger partial charge in [-0.3, -0.25) is 19.5 Å². The largest absolute Gasteiger partial charge is 0.497 e. The molecule has 0 spiro atoms. The maximum absolute atomic E-state index is 12.6. The molecule has 31 heavy (non-hydrogen) atoms. The number of nitrogens with zero attached hydrogens (tertiary/aromatic N) is 3. The number of carbonyl (C=O) groups is 2. The third kappa shape index (κ3) is 7.79. The summed E-state index contributed by atoms with van der Waals surface area (Å²) in [6.07, 6.45) is 3.73. The van der Waals surface area contributed by atoms with E-state index in [0.29, 0.717) is 17.9 Å². The lowest BCUT2D eigenvalue weighted by Gasteiger charge is -2.35. The van der Waals surface area contributed by atoms with Crippen molar-refractivity contribution in [1.29, 1.82) is 0 Å². The second kappa shape index (κ2) is 13.1. The highest BCUT2D eigenvalue weighted by Crippen LogP contribution is 2.13. The molecule has 0 saturated carbocycles. The van der Waals surface area contributed by atoms with Crippen LogP contribution in [-0.2, 0) is 4.79 Å². The predicted molar refractivity (Wildman–Crippen MR) is 122 cm³/mol. The van der Waals surface area contributed by atoms with Gasteiger partial charge in [0.15, 0.2) is 5.78 Å². The first kappa shape index (κ1) is 24.0. The summed E-state index contributed by atoms with van der Waals surface area (Å²) in [5.41, 5.74) is 0.490. The number of hydrogen-bond donors (Lipinski definition) is 2. The molecule has 1 aromatic carbocycles. The van der Waals surface area contributed by atoms with E-state index in [0.717, 1.165) is 32.0 Å². The smallest absolute Gasteiger partial charge is 0.241 e. The first-order valence-electron chi connectivity index (χ1n) is 10.3. The summed E-state index contributed by atoms with van der Waals surface area (Å²) < 4.78 is 5.15. The molecule has 1 aliphatic heterocycles. The van der Waals surface area contributed by atoms with Gasteiger partial charge in [-0.2, -0.15) is 0 Å². The fraction of sp³-hybridized carbons (Fsp3) is 0.435. The molecule has 0 atom stereocenters. The molecule has 0 radical (unpaired) electrons. The van der Waals surface area contributed by atoms with Crippen molar-refractivity contribution in [2.45, 2.75) is 13.8 Å². The van der Waals surface area contributed by atoms with Gasteiger partial charge in [0.25, 0.3) is 0 Å². The predicted octanol–water partition coefficient (Wildman–Crippen LogP) is 1.11. The molecule has 2 rings (SSSR count). The maximum atomic E-state index is 12.6. The third-order valence-corrected chi connectivity index (χ3v) is 4.67. The summed E-state index contributed by atoms with van der Waals surface area (Å²) in [5, 5.41) is 6.03. The Morgan fingerprint density at radius 1 is 1.35 bits per heavy atom. The zero-order valence-electron chi connectivity index (χ0n) is 18.5. The average Bonchev–Trinajstić information content (AvgIpc) is 2.80. The number of ketones is 1. The zero-order valence-corrected chi connectivity index (χ0v) is 18.5. The molecule has 0 aromatic heterocycles. The summed E-state index contributed by atoms with van der Waals surface area (Å²) in [7, 11) is 1.55. The highest BCUT2D eigenvalue weighted by molar-refractivity contribution is 5.99. The van der Waals surface area contributed by atoms with Crippen LogP contribution in [0.1, 0.15) is 24.2 Å². The van der Waals surface area contributed by atoms with Crippen LogP contribution in [0, 0.1) is 12.0 Å². The molecule has 1 aromatic rings. The Hall–Kier alpha value is -3.31. The van der Waals surface area contributed by atoms with Gasteiger partial charge in [-0.1, -0.05) is 18.1 Å². The standard InChI is InChI=1S/C23H31N5O3/c1-4-13-28(23(9-10-24-5-2)27-14-11-25-12-15-27)18-22(30)26-17-21(29)19-7-6-8-20(16-19)31-3/h5-9,16,25H,10-12,14-15,17-18H2,1-3H3,(H,26,30)/b23-9-,24-5?. The minimum atomic E-state index is -0.279. The SMILES string of the molecule is CC#CN(CC(=O)NCC(=O)c1cccc(OC)c1)/C(=C\CN=CC)N1CCNCC1. The summed E-state index contributed by atoms with van der Waals surface area (Å²) in [4.78, 5) is 33.2. The molecule has 2 N–H and O–H groups in total. The van der Waals surface area contributed by atoms with Gasteiger partial charge in [0.1, 0.15) is 18.1 Å². The van der Waals surface area contributed by atoms with E-state index in [4.69, 9.17) is 4.74 Å². The summed E-state index contributed by atoms with van der Waals surface area (Å²) in [6.45, 7) is 7.41. The van der Waals surface area contributed by atoms with Crippen molar-refractivity contribution >= 4 is 17.9 Å². The number of rotatable bonds is 10. The van der Waals surface area contributed by atoms with Crippen molar-refractivity contribution in [3.8, 4) is 17.7 Å². The van der Waals surface area contributed by atoms with Gasteiger partial charge in [0.2, 0.25) is 5.91 Å². The maximum Gasteiger partial charge on any atom is 0.241 e. The van der Waals surface area contributed by atoms with Crippen molar-refractivity contribution in [2.75, 3.05) is 52.9 Å². The zero-order chi connectivity index (χ0) is 22.5. The minimum absolute atomic E-state index is 0.0256. The lowest BCUT2D eigenvalue weighted by Crippen LogP contribution is -2.47. The third-order valence-electron chi connectivity index (χ3n) is 4.67. The van der Waals surface area contributed by atoms with E-state index in [1.807, 2.05) is 13.0 Å². The lowest BCUT2D eigenvalue weighted by molar-refractivity contribution is -0.121. The van der Waals surface area contributed by atoms with Crippen LogP contribution in [-0.4, -0.2) is 80.6 Å². The number of ether oxygens (including phenoxy) is 1. The Labute approximate surface area is 184 Å². The van der Waals surface area contributed by atoms with Gasteiger partial charge in [-0.05, 0) is 38.3 Å². The number of nitrogens with one attached hydrogen (secondary N) is 2. The van der Waals surface area contributed by atoms with E-state index in [9.17, 15) is 9.59 Å². The molecule has 0 unspecified atom stereocenters. The van der Waals surface area contributed by atoms with Gasteiger partial charge >= 0.3 is 0 Å². The Balaban J connectivity index is 2.04. The van der Waals surface area contributed by atoms with Gasteiger partial charge < -0.3 is 20.3 Å². The molecule has 1 saturated heterocycles. The number of Topliss-reactive ketones (excluding diaryl/α,β-unsaturated/α-hetero) is 1. The van der Waals surface area contributed by atoms with E-state index in [2.05, 4.69) is 32.5 Å². The van der Waals surface area contributed by atoms with E-state index in [1.165, 1.54) is 0 Å². The Morgan fingerprint density at radius 2 is 2.13 bits per heavy atom. The lowest BCUT2D eigenvalue weighted by atomic mass is 10.1. The molecule has 1 aliphatic rings. The number of hydrogen-bond acceptors (Lipinski definition) is 7. The topological polar surface area (TPSA) is 86.3 Å². The highest BCUT2D eigenvalue weighted by atomic mass is 16.5. The van der Waals surface area contributed by atoms with Crippen molar-refractivity contribution in [3.63, 3.8) is 0 Å². The van der Waals surface area contributed by atoms with Crippen LogP contribution in [0.15, 0.2) is 41.2 Å². The number of methoxy groups -OCH3 is 1. The summed E-state index contributed by atoms with van der Waals surface area (Å²) >= 11 is 0. The quantitative estimate of drug-likeness (QED) is 0.253. The highest BCUT2D eigenvalue weighted by Gasteiger charge is 2.20. The molecule has 0 bridgehead atoms. The number of benzene rings is 1. The molecule has 166 valence electrons. The molecular weight excluding hydrogens is 394 g/mol. The Morgan fingerprint density at radius 3 is 2.81 bits per heavy atom. The molecule has 1 heterocycles. The number of piperazine rings is 1. The van der Waals surface area contributed by atoms with E-state index < -0.39 is 0 Å². The second-order valence-corrected chi connectivity index (χ2v) is 6.80. The number of amides is 1. The van der Waals surface area contributed by atoms with E-state index in [1.54, 1.807) is 49.4 Å². The van der Waals surface area contributed by atoms with Crippen LogP contribution in [0.3, 0.4) is 0 Å². The molecular formula is C23H31N5O3. The monoisotopic (exact) mass is 425 g/mol. The van der Waals surface area contributed by atoms with Crippen molar-refractivity contribution in [1.82, 2.24) is 20.4 Å². The van der Waals surface area contributed by atoms with Gasteiger partial charge in [-0.25, -0.2) is 0 Å². The Kier molecular flexibility index (Phi) is 10.1. The second-order valence-electron chi connectivity index (χ2n) is 6.80. The fourth-order valence-electron chi connectivity index (χ4n) is 3.13. The first-order chi connectivity index (χ1) is 15.1. The molecule has 1 fully saturated rings. The van der Waals surface area contributed by atoms with E-state index >= 15 is 0 Å². The van der Waals surface area contributed by atoms with Crippen LogP contribution in [0.25, 0.3) is 0 Å². The fourth-order valence-corrected chi connectivity index (χ4v) is 3.13. The van der Waals surface area contributed by atoms with Crippen LogP contribution in [0.4, 0.5) is 0 Å². The molecule has 1 amide bonds. The minimum Gasteiger partial charge on any atom is -0.497 e. The van der Waals surface area contributed by atoms with Crippen molar-refractivity contribution in [3.05, 3.63) is 41.7 Å². The van der Waals surface area contributed by atoms with Gasteiger partial charge in [0.05, 0.1) is 20.2 Å². The van der Waals surface area contributed by atoms with E-state index in [-0.39, 0.29) is 24.8 Å². The van der Waals surface area contributed by atoms with Crippen LogP contribution >= 0.6 is 0 Å². The number of aliphatic imine (C=N–C) groups is 1. The normalized spacial score (nSPS) is 14.0. The van der Waals surface area contributed by atoms with Crippen molar-refractivity contribution < 1.29 is 14.3 Å². The molecule has 0 aliphatic carbocycles. The van der Waals surface area contributed by atoms with Crippen LogP contribution < -0.4 is 15.4 Å². The van der Waals surface area contributed by atoms with Crippen molar-refractivity contribution in [2.24, 2.45) is 4.99 Å². The van der Waals surface area contributed by atoms with Gasteiger partial charge in [0, 0.05) is 37.8 Å². The van der Waals surface area contributed by atoms with Gasteiger partial charge in [-0.15, -0.1) is 0 Å². The summed E-state index contributed by atoms with van der Waals surface area (Å²) in [6, 6.07) is 9.88. The first-order valence-corrected chi connectivity index (χ1v) is 10.3.